The lowest BCUT2D eigenvalue weighted by molar-refractivity contribution is -0.138. The van der Waals surface area contributed by atoms with Gasteiger partial charge in [0.25, 0.3) is 0 Å². The zero-order valence-corrected chi connectivity index (χ0v) is 17.9. The van der Waals surface area contributed by atoms with Gasteiger partial charge in [-0.05, 0) is 38.3 Å². The van der Waals surface area contributed by atoms with Gasteiger partial charge in [-0.3, -0.25) is 9.79 Å². The molecular weight excluding hydrogens is 364 g/mol. The second kappa shape index (κ2) is 9.76. The van der Waals surface area contributed by atoms with Crippen molar-refractivity contribution in [2.24, 2.45) is 10.4 Å². The Labute approximate surface area is 173 Å². The van der Waals surface area contributed by atoms with Crippen LogP contribution in [0.4, 0.5) is 0 Å². The van der Waals surface area contributed by atoms with Crippen molar-refractivity contribution in [1.82, 2.24) is 25.1 Å². The molecule has 1 amide bonds. The summed E-state index contributed by atoms with van der Waals surface area (Å²) in [6.45, 7) is 5.12. The number of nitrogens with zero attached hydrogens (tertiary/aromatic N) is 4. The second-order valence-corrected chi connectivity index (χ2v) is 8.09. The zero-order valence-electron chi connectivity index (χ0n) is 17.9. The first-order valence-electron chi connectivity index (χ1n) is 10.7. The van der Waals surface area contributed by atoms with Crippen LogP contribution < -0.4 is 10.6 Å². The molecule has 0 unspecified atom stereocenters. The summed E-state index contributed by atoms with van der Waals surface area (Å²) in [5, 5.41) is 6.73. The minimum absolute atomic E-state index is 0.210. The van der Waals surface area contributed by atoms with Crippen molar-refractivity contribution < 1.29 is 4.79 Å². The third kappa shape index (κ3) is 5.08. The van der Waals surface area contributed by atoms with Gasteiger partial charge in [0.2, 0.25) is 5.91 Å². The standard InChI is InChI=1S/C22H34N6O/c1-4-23-21(25-16-22(12-7-8-13-22)20(29)27(2)3)24-14-9-15-28-17-26-18-10-5-6-11-19(18)28/h5-6,10-11,17H,4,7-9,12-16H2,1-3H3,(H2,23,24,25). The van der Waals surface area contributed by atoms with Crippen LogP contribution in [0.3, 0.4) is 0 Å². The molecule has 0 radical (unpaired) electrons. The smallest absolute Gasteiger partial charge is 0.230 e. The topological polar surface area (TPSA) is 74.6 Å². The number of rotatable bonds is 8. The fraction of sp³-hybridized carbons (Fsp3) is 0.591. The van der Waals surface area contributed by atoms with Crippen molar-refractivity contribution in [3.8, 4) is 0 Å². The molecule has 7 nitrogen and oxygen atoms in total. The maximum atomic E-state index is 12.7. The third-order valence-corrected chi connectivity index (χ3v) is 5.70. The molecule has 158 valence electrons. The number of aromatic nitrogens is 2. The number of aryl methyl sites for hydroxylation is 1. The first-order chi connectivity index (χ1) is 14.1. The number of nitrogens with one attached hydrogen (secondary N) is 2. The fourth-order valence-corrected chi connectivity index (χ4v) is 4.18. The minimum atomic E-state index is -0.332. The quantitative estimate of drug-likeness (QED) is 0.407. The fourth-order valence-electron chi connectivity index (χ4n) is 4.18. The molecule has 0 spiro atoms. The molecule has 1 aromatic heterocycles. The molecule has 1 heterocycles. The van der Waals surface area contributed by atoms with Crippen LogP contribution in [-0.2, 0) is 11.3 Å². The summed E-state index contributed by atoms with van der Waals surface area (Å²) >= 11 is 0. The van der Waals surface area contributed by atoms with E-state index in [-0.39, 0.29) is 11.3 Å². The Morgan fingerprint density at radius 3 is 2.72 bits per heavy atom. The van der Waals surface area contributed by atoms with E-state index in [0.29, 0.717) is 6.54 Å². The average Bonchev–Trinajstić information content (AvgIpc) is 3.36. The first-order valence-corrected chi connectivity index (χ1v) is 10.7. The number of amides is 1. The summed E-state index contributed by atoms with van der Waals surface area (Å²) in [4.78, 5) is 23.7. The van der Waals surface area contributed by atoms with Crippen LogP contribution in [0.2, 0.25) is 0 Å². The largest absolute Gasteiger partial charge is 0.357 e. The van der Waals surface area contributed by atoms with Gasteiger partial charge in [-0.2, -0.15) is 0 Å². The molecule has 0 bridgehead atoms. The highest BCUT2D eigenvalue weighted by molar-refractivity contribution is 5.84. The van der Waals surface area contributed by atoms with E-state index in [1.807, 2.05) is 38.6 Å². The summed E-state index contributed by atoms with van der Waals surface area (Å²) < 4.78 is 2.18. The maximum absolute atomic E-state index is 12.7. The average molecular weight is 399 g/mol. The number of hydrogen-bond acceptors (Lipinski definition) is 3. The monoisotopic (exact) mass is 398 g/mol. The molecular formula is C22H34N6O. The van der Waals surface area contributed by atoms with Crippen LogP contribution >= 0.6 is 0 Å². The molecule has 3 rings (SSSR count). The highest BCUT2D eigenvalue weighted by Crippen LogP contribution is 2.39. The minimum Gasteiger partial charge on any atom is -0.357 e. The van der Waals surface area contributed by atoms with Gasteiger partial charge in [0.1, 0.15) is 0 Å². The number of benzene rings is 1. The van der Waals surface area contributed by atoms with Crippen LogP contribution in [0.1, 0.15) is 39.0 Å². The zero-order chi connectivity index (χ0) is 20.7. The Morgan fingerprint density at radius 2 is 2.00 bits per heavy atom. The Morgan fingerprint density at radius 1 is 1.24 bits per heavy atom. The van der Waals surface area contributed by atoms with Crippen LogP contribution in [0.25, 0.3) is 11.0 Å². The predicted octanol–water partition coefficient (Wildman–Crippen LogP) is 2.63. The van der Waals surface area contributed by atoms with E-state index in [2.05, 4.69) is 33.2 Å². The number of guanidine groups is 1. The van der Waals surface area contributed by atoms with E-state index in [1.54, 1.807) is 4.90 Å². The molecule has 1 aromatic carbocycles. The van der Waals surface area contributed by atoms with Gasteiger partial charge in [-0.15, -0.1) is 0 Å². The number of carbonyl (C=O) groups is 1. The van der Waals surface area contributed by atoms with Crippen molar-refractivity contribution in [2.75, 3.05) is 33.7 Å². The lowest BCUT2D eigenvalue weighted by atomic mass is 9.85. The van der Waals surface area contributed by atoms with E-state index in [4.69, 9.17) is 4.99 Å². The number of fused-ring (bicyclic) bond motifs is 1. The van der Waals surface area contributed by atoms with Crippen molar-refractivity contribution in [3.63, 3.8) is 0 Å². The van der Waals surface area contributed by atoms with Gasteiger partial charge >= 0.3 is 0 Å². The number of imidazole rings is 1. The highest BCUT2D eigenvalue weighted by atomic mass is 16.2. The van der Waals surface area contributed by atoms with E-state index in [1.165, 1.54) is 5.52 Å². The van der Waals surface area contributed by atoms with Crippen molar-refractivity contribution in [1.29, 1.82) is 0 Å². The van der Waals surface area contributed by atoms with Gasteiger partial charge in [-0.25, -0.2) is 4.98 Å². The summed E-state index contributed by atoms with van der Waals surface area (Å²) in [7, 11) is 3.69. The van der Waals surface area contributed by atoms with Crippen LogP contribution in [0, 0.1) is 5.41 Å². The molecule has 1 aliphatic rings. The van der Waals surface area contributed by atoms with E-state index >= 15 is 0 Å². The van der Waals surface area contributed by atoms with Crippen LogP contribution in [-0.4, -0.2) is 60.0 Å². The third-order valence-electron chi connectivity index (χ3n) is 5.70. The number of carbonyl (C=O) groups excluding carboxylic acids is 1. The summed E-state index contributed by atoms with van der Waals surface area (Å²) in [5.74, 6) is 1.00. The van der Waals surface area contributed by atoms with Gasteiger partial charge in [0, 0.05) is 33.7 Å². The predicted molar refractivity (Wildman–Crippen MR) is 118 cm³/mol. The Hall–Kier alpha value is -2.57. The van der Waals surface area contributed by atoms with E-state index < -0.39 is 0 Å². The van der Waals surface area contributed by atoms with Crippen LogP contribution in [0.15, 0.2) is 35.6 Å². The van der Waals surface area contributed by atoms with Gasteiger partial charge in [-0.1, -0.05) is 25.0 Å². The molecule has 1 saturated carbocycles. The summed E-state index contributed by atoms with van der Waals surface area (Å²) in [6.07, 6.45) is 6.95. The van der Waals surface area contributed by atoms with Crippen molar-refractivity contribution in [2.45, 2.75) is 45.6 Å². The Balaban J connectivity index is 1.55. The molecule has 2 aromatic rings. The van der Waals surface area contributed by atoms with E-state index in [0.717, 1.165) is 63.2 Å². The second-order valence-electron chi connectivity index (χ2n) is 8.09. The Kier molecular flexibility index (Phi) is 7.12. The van der Waals surface area contributed by atoms with Crippen LogP contribution in [0.5, 0.6) is 0 Å². The van der Waals surface area contributed by atoms with E-state index in [9.17, 15) is 4.79 Å². The van der Waals surface area contributed by atoms with Crippen molar-refractivity contribution >= 4 is 22.9 Å². The maximum Gasteiger partial charge on any atom is 0.230 e. The molecule has 1 fully saturated rings. The molecule has 0 saturated heterocycles. The Bertz CT molecular complexity index is 835. The SMILES string of the molecule is CCNC(=NCC1(C(=O)N(C)C)CCCC1)NCCCn1cnc2ccccc21. The molecule has 0 atom stereocenters. The number of hydrogen-bond donors (Lipinski definition) is 2. The van der Waals surface area contributed by atoms with Crippen molar-refractivity contribution in [3.05, 3.63) is 30.6 Å². The summed E-state index contributed by atoms with van der Waals surface area (Å²) in [6, 6.07) is 8.19. The molecule has 0 aliphatic heterocycles. The molecule has 1 aliphatic carbocycles. The number of para-hydroxylation sites is 2. The highest BCUT2D eigenvalue weighted by Gasteiger charge is 2.42. The lowest BCUT2D eigenvalue weighted by Crippen LogP contribution is -2.43. The number of aliphatic imine (C=N–C) groups is 1. The lowest BCUT2D eigenvalue weighted by Gasteiger charge is -2.29. The molecule has 7 heteroatoms. The molecule has 2 N–H and O–H groups in total. The van der Waals surface area contributed by atoms with Gasteiger partial charge < -0.3 is 20.1 Å². The van der Waals surface area contributed by atoms with Gasteiger partial charge in [0.05, 0.1) is 29.3 Å². The molecule has 29 heavy (non-hydrogen) atoms. The van der Waals surface area contributed by atoms with Gasteiger partial charge in [0.15, 0.2) is 5.96 Å². The first kappa shape index (κ1) is 21.1. The summed E-state index contributed by atoms with van der Waals surface area (Å²) in [5.41, 5.74) is 1.86. The normalized spacial score (nSPS) is 16.2.